The first-order valence-electron chi connectivity index (χ1n) is 12.9. The Morgan fingerprint density at radius 1 is 1.08 bits per heavy atom. The Morgan fingerprint density at radius 2 is 1.79 bits per heavy atom. The van der Waals surface area contributed by atoms with Crippen LogP contribution in [-0.2, 0) is 4.79 Å². The van der Waals surface area contributed by atoms with Gasteiger partial charge < -0.3 is 20.6 Å². The molecule has 3 aromatic rings. The van der Waals surface area contributed by atoms with E-state index in [9.17, 15) is 28.7 Å². The van der Waals surface area contributed by atoms with E-state index in [1.165, 1.54) is 12.4 Å². The number of halogens is 2. The number of hydrogen-bond acceptors (Lipinski definition) is 7. The summed E-state index contributed by atoms with van der Waals surface area (Å²) in [5.41, 5.74) is 2.19. The van der Waals surface area contributed by atoms with Crippen LogP contribution in [0.4, 0.5) is 14.5 Å². The summed E-state index contributed by atoms with van der Waals surface area (Å²) in [4.78, 5) is 31.0. The van der Waals surface area contributed by atoms with Crippen LogP contribution >= 0.6 is 0 Å². The molecule has 0 spiro atoms. The number of carbonyl (C=O) groups is 2. The lowest BCUT2D eigenvalue weighted by molar-refractivity contribution is -0.164. The quantitative estimate of drug-likeness (QED) is 0.442. The van der Waals surface area contributed by atoms with Crippen LogP contribution < -0.4 is 10.6 Å². The summed E-state index contributed by atoms with van der Waals surface area (Å²) in [6.07, 6.45) is 7.14. The number of amides is 2. The molecule has 0 radical (unpaired) electrons. The van der Waals surface area contributed by atoms with Crippen LogP contribution in [-0.4, -0.2) is 73.1 Å². The minimum atomic E-state index is -2.88. The highest BCUT2D eigenvalue weighted by atomic mass is 19.3. The van der Waals surface area contributed by atoms with E-state index >= 15 is 0 Å². The Hall–Kier alpha value is -4.11. The molecule has 10 nitrogen and oxygen atoms in total. The topological polar surface area (TPSA) is 136 Å². The fraction of sp³-hybridized carbons (Fsp3) is 0.444. The number of nitriles is 1. The molecule has 3 aliphatic carbocycles. The number of fused-ring (bicyclic) bond motifs is 4. The molecule has 4 fully saturated rings. The van der Waals surface area contributed by atoms with Crippen molar-refractivity contribution in [2.75, 3.05) is 25.0 Å². The molecule has 3 aromatic heterocycles. The molecule has 2 bridgehead atoms. The van der Waals surface area contributed by atoms with Crippen LogP contribution in [0.25, 0.3) is 16.9 Å². The van der Waals surface area contributed by atoms with Gasteiger partial charge in [0.05, 0.1) is 65.2 Å². The van der Waals surface area contributed by atoms with Gasteiger partial charge in [-0.25, -0.2) is 13.3 Å². The van der Waals surface area contributed by atoms with Crippen LogP contribution in [0, 0.1) is 11.3 Å². The molecule has 2 amide bonds. The monoisotopic (exact) mass is 535 g/mol. The van der Waals surface area contributed by atoms with E-state index in [0.717, 1.165) is 29.7 Å². The Labute approximate surface area is 222 Å². The van der Waals surface area contributed by atoms with E-state index in [2.05, 4.69) is 26.8 Å². The van der Waals surface area contributed by atoms with Crippen molar-refractivity contribution in [1.82, 2.24) is 24.8 Å². The second-order valence-electron chi connectivity index (χ2n) is 10.9. The average molecular weight is 536 g/mol. The van der Waals surface area contributed by atoms with Gasteiger partial charge in [-0.1, -0.05) is 0 Å². The molecular formula is C27H27F2N7O3. The average Bonchev–Trinajstić information content (AvgIpc) is 3.34. The summed E-state index contributed by atoms with van der Waals surface area (Å²) >= 11 is 0. The summed E-state index contributed by atoms with van der Waals surface area (Å²) in [7, 11) is 0. The number of likely N-dealkylation sites (tertiary alicyclic amines) is 1. The van der Waals surface area contributed by atoms with Gasteiger partial charge in [0.25, 0.3) is 11.8 Å². The maximum Gasteiger partial charge on any atom is 0.282 e. The molecule has 202 valence electrons. The first kappa shape index (κ1) is 25.2. The van der Waals surface area contributed by atoms with Crippen LogP contribution in [0.3, 0.4) is 0 Å². The Kier molecular flexibility index (Phi) is 5.80. The number of carbonyl (C=O) groups excluding carboxylic acids is 2. The highest BCUT2D eigenvalue weighted by Crippen LogP contribution is 2.48. The predicted octanol–water partition coefficient (Wildman–Crippen LogP) is 2.72. The molecule has 0 atom stereocenters. The van der Waals surface area contributed by atoms with E-state index in [-0.39, 0.29) is 11.1 Å². The lowest BCUT2D eigenvalue weighted by Crippen LogP contribution is -2.60. The van der Waals surface area contributed by atoms with Crippen molar-refractivity contribution in [2.45, 2.75) is 55.6 Å². The molecular weight excluding hydrogens is 508 g/mol. The minimum absolute atomic E-state index is 0.224. The molecule has 1 saturated heterocycles. The van der Waals surface area contributed by atoms with Gasteiger partial charge >= 0.3 is 0 Å². The number of nitrogens with one attached hydrogen (secondary N) is 2. The summed E-state index contributed by atoms with van der Waals surface area (Å²) in [5.74, 6) is -4.00. The highest BCUT2D eigenvalue weighted by Gasteiger charge is 2.48. The van der Waals surface area contributed by atoms with Crippen molar-refractivity contribution in [3.05, 3.63) is 47.8 Å². The molecule has 4 aliphatic rings. The van der Waals surface area contributed by atoms with Crippen LogP contribution in [0.2, 0.25) is 0 Å². The van der Waals surface area contributed by atoms with Crippen LogP contribution in [0.1, 0.15) is 54.4 Å². The van der Waals surface area contributed by atoms with Crippen molar-refractivity contribution >= 4 is 23.0 Å². The molecule has 0 aromatic carbocycles. The van der Waals surface area contributed by atoms with Crippen molar-refractivity contribution in [2.24, 2.45) is 0 Å². The zero-order valence-electron chi connectivity index (χ0n) is 21.1. The predicted molar refractivity (Wildman–Crippen MR) is 136 cm³/mol. The lowest BCUT2D eigenvalue weighted by atomic mass is 9.63. The summed E-state index contributed by atoms with van der Waals surface area (Å²) < 4.78 is 27.9. The molecule has 3 saturated carbocycles. The third-order valence-electron chi connectivity index (χ3n) is 8.24. The van der Waals surface area contributed by atoms with Crippen molar-refractivity contribution in [1.29, 1.82) is 5.26 Å². The minimum Gasteiger partial charge on any atom is -0.390 e. The molecule has 1 aliphatic heterocycles. The summed E-state index contributed by atoms with van der Waals surface area (Å²) in [6, 6.07) is 9.20. The number of anilines is 1. The SMILES string of the molecule is N#Cc1cnn2c(-c3cc(NC45CCC(O)(CC4)CC5)c(C(=O)NCC(=O)N4CC(F)(F)C4)cn3)ccc2c1. The first-order chi connectivity index (χ1) is 18.6. The molecule has 7 rings (SSSR count). The van der Waals surface area contributed by atoms with Gasteiger partial charge in [0.1, 0.15) is 6.07 Å². The number of aromatic nitrogens is 3. The first-order valence-corrected chi connectivity index (χ1v) is 12.9. The van der Waals surface area contributed by atoms with Gasteiger partial charge in [0.15, 0.2) is 0 Å². The summed E-state index contributed by atoms with van der Waals surface area (Å²) in [6.45, 7) is -1.69. The molecule has 3 N–H and O–H groups in total. The standard InChI is InChI=1S/C27H27F2N7O3/c28-27(29)15-35(16-27)23(37)14-32-24(38)19-13-31-21(22-2-1-18-9-17(11-30)12-33-36(18)22)10-20(19)34-25-3-6-26(39,7-4-25)8-5-25/h1-2,9-10,12-13,39H,3-8,14-16H2,(H,31,34)(H,32,38). The Bertz CT molecular complexity index is 1500. The maximum atomic E-state index is 13.2. The highest BCUT2D eigenvalue weighted by molar-refractivity contribution is 6.01. The number of hydrogen-bond donors (Lipinski definition) is 3. The largest absolute Gasteiger partial charge is 0.390 e. The fourth-order valence-electron chi connectivity index (χ4n) is 5.82. The molecule has 4 heterocycles. The number of nitrogens with zero attached hydrogens (tertiary/aromatic N) is 5. The van der Waals surface area contributed by atoms with E-state index in [1.807, 2.05) is 12.1 Å². The van der Waals surface area contributed by atoms with E-state index < -0.39 is 43.0 Å². The normalized spacial score (nSPS) is 25.1. The Morgan fingerprint density at radius 3 is 2.46 bits per heavy atom. The zero-order chi connectivity index (χ0) is 27.4. The third kappa shape index (κ3) is 4.67. The molecule has 12 heteroatoms. The Balaban J connectivity index is 1.29. The van der Waals surface area contributed by atoms with Crippen molar-refractivity contribution in [3.63, 3.8) is 0 Å². The van der Waals surface area contributed by atoms with E-state index in [0.29, 0.717) is 41.9 Å². The number of pyridine rings is 1. The van der Waals surface area contributed by atoms with Gasteiger partial charge in [-0.2, -0.15) is 10.4 Å². The summed E-state index contributed by atoms with van der Waals surface area (Å²) in [5, 5.41) is 30.3. The van der Waals surface area contributed by atoms with Gasteiger partial charge in [0, 0.05) is 11.7 Å². The van der Waals surface area contributed by atoms with Crippen LogP contribution in [0.5, 0.6) is 0 Å². The second-order valence-corrected chi connectivity index (χ2v) is 10.9. The smallest absolute Gasteiger partial charge is 0.282 e. The third-order valence-corrected chi connectivity index (χ3v) is 8.24. The maximum absolute atomic E-state index is 13.2. The zero-order valence-corrected chi connectivity index (χ0v) is 21.1. The molecule has 0 unspecified atom stereocenters. The van der Waals surface area contributed by atoms with Gasteiger partial charge in [-0.15, -0.1) is 0 Å². The number of rotatable bonds is 6. The lowest BCUT2D eigenvalue weighted by Gasteiger charge is -2.51. The second kappa shape index (κ2) is 8.98. The van der Waals surface area contributed by atoms with Gasteiger partial charge in [0.2, 0.25) is 5.91 Å². The number of aliphatic hydroxyl groups is 1. The van der Waals surface area contributed by atoms with E-state index in [1.54, 1.807) is 16.6 Å². The van der Waals surface area contributed by atoms with Crippen LogP contribution in [0.15, 0.2) is 36.7 Å². The van der Waals surface area contributed by atoms with Crippen molar-refractivity contribution in [3.8, 4) is 17.5 Å². The fourth-order valence-corrected chi connectivity index (χ4v) is 5.82. The van der Waals surface area contributed by atoms with Crippen molar-refractivity contribution < 1.29 is 23.5 Å². The van der Waals surface area contributed by atoms with Gasteiger partial charge in [-0.05, 0) is 62.8 Å². The van der Waals surface area contributed by atoms with E-state index in [4.69, 9.17) is 0 Å². The molecule has 39 heavy (non-hydrogen) atoms. The van der Waals surface area contributed by atoms with Gasteiger partial charge in [-0.3, -0.25) is 14.6 Å². The number of alkyl halides is 2.